The second kappa shape index (κ2) is 6.08. The Bertz CT molecular complexity index is 847. The summed E-state index contributed by atoms with van der Waals surface area (Å²) in [5, 5.41) is 13.9. The molecule has 0 aliphatic carbocycles. The number of nitrogens with zero attached hydrogens (tertiary/aromatic N) is 3. The monoisotopic (exact) mass is 310 g/mol. The van der Waals surface area contributed by atoms with Crippen LogP contribution in [0.1, 0.15) is 12.5 Å². The summed E-state index contributed by atoms with van der Waals surface area (Å²) in [4.78, 5) is 13.2. The Hall–Kier alpha value is -2.89. The zero-order valence-electron chi connectivity index (χ0n) is 13.3. The molecule has 6 heteroatoms. The summed E-state index contributed by atoms with van der Waals surface area (Å²) in [6.45, 7) is 4.75. The van der Waals surface area contributed by atoms with Crippen molar-refractivity contribution in [3.8, 4) is 22.8 Å². The van der Waals surface area contributed by atoms with Gasteiger partial charge in [-0.05, 0) is 31.5 Å². The minimum atomic E-state index is 0.107. The molecule has 0 radical (unpaired) electrons. The third-order valence-electron chi connectivity index (χ3n) is 3.60. The van der Waals surface area contributed by atoms with Crippen molar-refractivity contribution in [3.05, 3.63) is 36.2 Å². The number of anilines is 1. The maximum atomic E-state index is 9.92. The number of nitrogens with one attached hydrogen (secondary N) is 1. The lowest BCUT2D eigenvalue weighted by molar-refractivity contribution is 0.374. The standard InChI is InChI=1S/C17H18N4O2/c1-4-18-17-19-8-11(9-20-17)13-5-10(2)12-6-15(22)16(23-3)7-14(12)21-13/h5-9,22H,4H2,1-3H3,(H,18,19,20). The molecule has 0 saturated heterocycles. The van der Waals surface area contributed by atoms with E-state index in [0.29, 0.717) is 11.7 Å². The van der Waals surface area contributed by atoms with Crippen LogP contribution >= 0.6 is 0 Å². The average molecular weight is 310 g/mol. The van der Waals surface area contributed by atoms with E-state index >= 15 is 0 Å². The topological polar surface area (TPSA) is 80.2 Å². The van der Waals surface area contributed by atoms with Gasteiger partial charge in [0, 0.05) is 36.0 Å². The van der Waals surface area contributed by atoms with Gasteiger partial charge in [0.2, 0.25) is 5.95 Å². The molecule has 0 unspecified atom stereocenters. The minimum absolute atomic E-state index is 0.107. The second-order valence-electron chi connectivity index (χ2n) is 5.19. The van der Waals surface area contributed by atoms with Crippen LogP contribution in [0.15, 0.2) is 30.6 Å². The summed E-state index contributed by atoms with van der Waals surface area (Å²) in [7, 11) is 1.52. The maximum absolute atomic E-state index is 9.92. The lowest BCUT2D eigenvalue weighted by Gasteiger charge is -2.10. The average Bonchev–Trinajstić information content (AvgIpc) is 2.56. The van der Waals surface area contributed by atoms with E-state index in [1.54, 1.807) is 24.5 Å². The van der Waals surface area contributed by atoms with Crippen LogP contribution in [0.3, 0.4) is 0 Å². The first-order chi connectivity index (χ1) is 11.1. The summed E-state index contributed by atoms with van der Waals surface area (Å²) >= 11 is 0. The molecule has 2 aromatic heterocycles. The Labute approximate surface area is 134 Å². The molecule has 0 aliphatic rings. The quantitative estimate of drug-likeness (QED) is 0.770. The highest BCUT2D eigenvalue weighted by Gasteiger charge is 2.10. The largest absolute Gasteiger partial charge is 0.504 e. The SMILES string of the molecule is CCNc1ncc(-c2cc(C)c3cc(O)c(OC)cc3n2)cn1. The van der Waals surface area contributed by atoms with Crippen LogP contribution in [0.2, 0.25) is 0 Å². The number of aromatic hydroxyl groups is 1. The van der Waals surface area contributed by atoms with Gasteiger partial charge < -0.3 is 15.2 Å². The first-order valence-electron chi connectivity index (χ1n) is 7.37. The van der Waals surface area contributed by atoms with Gasteiger partial charge in [0.05, 0.1) is 18.3 Å². The summed E-state index contributed by atoms with van der Waals surface area (Å²) in [5.41, 5.74) is 3.39. The van der Waals surface area contributed by atoms with E-state index in [-0.39, 0.29) is 5.75 Å². The Morgan fingerprint density at radius 3 is 2.57 bits per heavy atom. The van der Waals surface area contributed by atoms with E-state index in [1.807, 2.05) is 19.9 Å². The van der Waals surface area contributed by atoms with Crippen molar-refractivity contribution in [2.75, 3.05) is 19.0 Å². The van der Waals surface area contributed by atoms with Gasteiger partial charge in [-0.25, -0.2) is 15.0 Å². The number of hydrogen-bond donors (Lipinski definition) is 2. The molecule has 2 heterocycles. The van der Waals surface area contributed by atoms with Crippen molar-refractivity contribution in [2.45, 2.75) is 13.8 Å². The highest BCUT2D eigenvalue weighted by molar-refractivity contribution is 5.87. The molecule has 0 fully saturated rings. The smallest absolute Gasteiger partial charge is 0.222 e. The van der Waals surface area contributed by atoms with Crippen molar-refractivity contribution in [1.29, 1.82) is 0 Å². The van der Waals surface area contributed by atoms with E-state index in [4.69, 9.17) is 4.74 Å². The summed E-state index contributed by atoms with van der Waals surface area (Å²) in [5.74, 6) is 1.11. The van der Waals surface area contributed by atoms with Crippen LogP contribution in [0.5, 0.6) is 11.5 Å². The first kappa shape index (κ1) is 15.0. The Morgan fingerprint density at radius 1 is 1.17 bits per heavy atom. The molecule has 0 aliphatic heterocycles. The van der Waals surface area contributed by atoms with Crippen molar-refractivity contribution in [2.24, 2.45) is 0 Å². The number of phenolic OH excluding ortho intramolecular Hbond substituents is 1. The number of ether oxygens (including phenoxy) is 1. The number of benzene rings is 1. The molecule has 0 amide bonds. The predicted octanol–water partition coefficient (Wildman–Crippen LogP) is 3.15. The third kappa shape index (κ3) is 2.88. The van der Waals surface area contributed by atoms with E-state index in [0.717, 1.165) is 34.3 Å². The van der Waals surface area contributed by atoms with Crippen LogP contribution < -0.4 is 10.1 Å². The highest BCUT2D eigenvalue weighted by atomic mass is 16.5. The summed E-state index contributed by atoms with van der Waals surface area (Å²) < 4.78 is 5.16. The number of rotatable bonds is 4. The molecule has 2 N–H and O–H groups in total. The molecule has 6 nitrogen and oxygen atoms in total. The van der Waals surface area contributed by atoms with Gasteiger partial charge >= 0.3 is 0 Å². The number of aromatic nitrogens is 3. The fourth-order valence-corrected chi connectivity index (χ4v) is 2.43. The molecular weight excluding hydrogens is 292 g/mol. The van der Waals surface area contributed by atoms with Gasteiger partial charge in [0.1, 0.15) is 0 Å². The molecule has 0 spiro atoms. The number of pyridine rings is 1. The number of hydrogen-bond acceptors (Lipinski definition) is 6. The van der Waals surface area contributed by atoms with E-state index in [1.165, 1.54) is 7.11 Å². The number of phenols is 1. The molecule has 23 heavy (non-hydrogen) atoms. The van der Waals surface area contributed by atoms with Crippen molar-refractivity contribution >= 4 is 16.9 Å². The van der Waals surface area contributed by atoms with Crippen molar-refractivity contribution < 1.29 is 9.84 Å². The van der Waals surface area contributed by atoms with Crippen LogP contribution in [0.4, 0.5) is 5.95 Å². The molecular formula is C17H18N4O2. The van der Waals surface area contributed by atoms with Gasteiger partial charge in [-0.2, -0.15) is 0 Å². The van der Waals surface area contributed by atoms with Crippen molar-refractivity contribution in [1.82, 2.24) is 15.0 Å². The molecule has 1 aromatic carbocycles. The van der Waals surface area contributed by atoms with Crippen LogP contribution in [-0.4, -0.2) is 33.7 Å². The van der Waals surface area contributed by atoms with Crippen LogP contribution in [0, 0.1) is 6.92 Å². The molecule has 0 saturated carbocycles. The number of fused-ring (bicyclic) bond motifs is 1. The van der Waals surface area contributed by atoms with Crippen LogP contribution in [0.25, 0.3) is 22.2 Å². The summed E-state index contributed by atoms with van der Waals surface area (Å²) in [6.07, 6.45) is 3.49. The molecule has 3 aromatic rings. The normalized spacial score (nSPS) is 10.7. The zero-order valence-corrected chi connectivity index (χ0v) is 13.3. The number of methoxy groups -OCH3 is 1. The predicted molar refractivity (Wildman–Crippen MR) is 89.9 cm³/mol. The van der Waals surface area contributed by atoms with Crippen LogP contribution in [-0.2, 0) is 0 Å². The Morgan fingerprint density at radius 2 is 1.91 bits per heavy atom. The van der Waals surface area contributed by atoms with Gasteiger partial charge in [-0.1, -0.05) is 0 Å². The Balaban J connectivity index is 2.09. The minimum Gasteiger partial charge on any atom is -0.504 e. The second-order valence-corrected chi connectivity index (χ2v) is 5.19. The fraction of sp³-hybridized carbons (Fsp3) is 0.235. The number of aryl methyl sites for hydroxylation is 1. The first-order valence-corrected chi connectivity index (χ1v) is 7.37. The third-order valence-corrected chi connectivity index (χ3v) is 3.60. The highest BCUT2D eigenvalue weighted by Crippen LogP contribution is 2.33. The van der Waals surface area contributed by atoms with E-state index in [2.05, 4.69) is 20.3 Å². The summed E-state index contributed by atoms with van der Waals surface area (Å²) in [6, 6.07) is 5.36. The van der Waals surface area contributed by atoms with Gasteiger partial charge in [-0.15, -0.1) is 0 Å². The van der Waals surface area contributed by atoms with Gasteiger partial charge in [0.15, 0.2) is 11.5 Å². The van der Waals surface area contributed by atoms with Crippen molar-refractivity contribution in [3.63, 3.8) is 0 Å². The van der Waals surface area contributed by atoms with E-state index < -0.39 is 0 Å². The fourth-order valence-electron chi connectivity index (χ4n) is 2.43. The molecule has 0 atom stereocenters. The lowest BCUT2D eigenvalue weighted by atomic mass is 10.1. The lowest BCUT2D eigenvalue weighted by Crippen LogP contribution is -2.01. The molecule has 0 bridgehead atoms. The zero-order chi connectivity index (χ0) is 16.4. The Kier molecular flexibility index (Phi) is 3.97. The molecule has 3 rings (SSSR count). The van der Waals surface area contributed by atoms with Gasteiger partial charge in [-0.3, -0.25) is 0 Å². The van der Waals surface area contributed by atoms with E-state index in [9.17, 15) is 5.11 Å². The maximum Gasteiger partial charge on any atom is 0.222 e. The van der Waals surface area contributed by atoms with Gasteiger partial charge in [0.25, 0.3) is 0 Å². The molecule has 118 valence electrons.